The first kappa shape index (κ1) is 22.6. The summed E-state index contributed by atoms with van der Waals surface area (Å²) in [4.78, 5) is 13.3. The monoisotopic (exact) mass is 445 g/mol. The first-order chi connectivity index (χ1) is 16.7. The Morgan fingerprint density at radius 1 is 0.794 bits per heavy atom. The van der Waals surface area contributed by atoms with Gasteiger partial charge in [0.05, 0.1) is 18.8 Å². The zero-order valence-corrected chi connectivity index (χ0v) is 18.7. The minimum atomic E-state index is -0.574. The van der Waals surface area contributed by atoms with Crippen molar-refractivity contribution in [2.45, 2.75) is 5.92 Å². The van der Waals surface area contributed by atoms with Crippen LogP contribution in [0.4, 0.5) is 0 Å². The molecule has 0 bridgehead atoms. The topological polar surface area (TPSA) is 59.3 Å². The van der Waals surface area contributed by atoms with Crippen LogP contribution in [0.2, 0.25) is 0 Å². The van der Waals surface area contributed by atoms with E-state index in [1.54, 1.807) is 24.3 Å². The van der Waals surface area contributed by atoms with Crippen molar-refractivity contribution < 1.29 is 14.3 Å². The fourth-order valence-electron chi connectivity index (χ4n) is 3.75. The Labute approximate surface area is 199 Å². The van der Waals surface area contributed by atoms with E-state index in [1.165, 1.54) is 7.11 Å². The van der Waals surface area contributed by atoms with Crippen LogP contribution in [-0.4, -0.2) is 13.1 Å². The van der Waals surface area contributed by atoms with Crippen molar-refractivity contribution >= 4 is 17.6 Å². The second kappa shape index (κ2) is 10.8. The van der Waals surface area contributed by atoms with Crippen molar-refractivity contribution in [3.05, 3.63) is 131 Å². The largest absolute Gasteiger partial charge is 0.493 e. The number of esters is 1. The molecule has 34 heavy (non-hydrogen) atoms. The summed E-state index contributed by atoms with van der Waals surface area (Å²) in [7, 11) is 1.52. The molecule has 0 saturated carbocycles. The predicted octanol–water partition coefficient (Wildman–Crippen LogP) is 6.50. The number of carbonyl (C=O) groups is 1. The Balaban J connectivity index is 1.64. The maximum Gasteiger partial charge on any atom is 0.323 e. The van der Waals surface area contributed by atoms with Crippen LogP contribution >= 0.6 is 0 Å². The molecule has 0 amide bonds. The molecular weight excluding hydrogens is 422 g/mol. The number of benzene rings is 4. The van der Waals surface area contributed by atoms with Crippen LogP contribution in [-0.2, 0) is 4.79 Å². The molecule has 0 fully saturated rings. The van der Waals surface area contributed by atoms with E-state index in [-0.39, 0.29) is 0 Å². The molecule has 4 aromatic rings. The van der Waals surface area contributed by atoms with Gasteiger partial charge < -0.3 is 9.47 Å². The summed E-state index contributed by atoms with van der Waals surface area (Å²) in [6, 6.07) is 36.0. The van der Waals surface area contributed by atoms with E-state index < -0.39 is 11.9 Å². The molecule has 0 radical (unpaired) electrons. The normalized spacial score (nSPS) is 11.0. The summed E-state index contributed by atoms with van der Waals surface area (Å²) in [5.41, 5.74) is 3.81. The van der Waals surface area contributed by atoms with Crippen LogP contribution in [0.5, 0.6) is 11.5 Å². The molecule has 4 aromatic carbocycles. The van der Waals surface area contributed by atoms with Gasteiger partial charge in [-0.25, -0.2) is 0 Å². The number of methoxy groups -OCH3 is 1. The lowest BCUT2D eigenvalue weighted by molar-refractivity contribution is -0.135. The lowest BCUT2D eigenvalue weighted by Crippen LogP contribution is -2.20. The number of carbonyl (C=O) groups excluding carboxylic acids is 1. The van der Waals surface area contributed by atoms with Crippen molar-refractivity contribution in [3.63, 3.8) is 0 Å². The number of rotatable bonds is 7. The quantitative estimate of drug-likeness (QED) is 0.141. The highest BCUT2D eigenvalue weighted by Crippen LogP contribution is 2.33. The third-order valence-electron chi connectivity index (χ3n) is 5.42. The van der Waals surface area contributed by atoms with Crippen molar-refractivity contribution in [1.29, 1.82) is 5.26 Å². The van der Waals surface area contributed by atoms with Gasteiger partial charge in [-0.3, -0.25) is 4.79 Å². The summed E-state index contributed by atoms with van der Waals surface area (Å²) < 4.78 is 11.3. The van der Waals surface area contributed by atoms with Crippen molar-refractivity contribution in [3.8, 4) is 17.6 Å². The molecule has 4 heteroatoms. The van der Waals surface area contributed by atoms with Crippen LogP contribution in [0.3, 0.4) is 0 Å². The highest BCUT2D eigenvalue weighted by molar-refractivity contribution is 5.90. The van der Waals surface area contributed by atoms with E-state index in [2.05, 4.69) is 6.07 Å². The zero-order chi connectivity index (χ0) is 23.8. The lowest BCUT2D eigenvalue weighted by atomic mass is 9.91. The summed E-state index contributed by atoms with van der Waals surface area (Å²) in [5, 5.41) is 9.60. The van der Waals surface area contributed by atoms with E-state index in [1.807, 2.05) is 91.0 Å². The average molecular weight is 446 g/mol. The van der Waals surface area contributed by atoms with Crippen molar-refractivity contribution in [2.75, 3.05) is 7.11 Å². The molecule has 4 nitrogen and oxygen atoms in total. The van der Waals surface area contributed by atoms with E-state index in [9.17, 15) is 10.1 Å². The minimum Gasteiger partial charge on any atom is -0.493 e. The molecule has 0 N–H and O–H groups in total. The fraction of sp³-hybridized carbons (Fsp3) is 0.0667. The Kier molecular flexibility index (Phi) is 7.17. The molecule has 0 saturated heterocycles. The van der Waals surface area contributed by atoms with Crippen LogP contribution in [0.1, 0.15) is 28.2 Å². The Morgan fingerprint density at radius 2 is 1.35 bits per heavy atom. The molecule has 0 aliphatic carbocycles. The molecule has 4 rings (SSSR count). The van der Waals surface area contributed by atoms with Crippen LogP contribution in [0.25, 0.3) is 11.6 Å². The molecule has 0 heterocycles. The van der Waals surface area contributed by atoms with Gasteiger partial charge in [-0.2, -0.15) is 5.26 Å². The molecule has 0 unspecified atom stereocenters. The van der Waals surface area contributed by atoms with Gasteiger partial charge in [-0.15, -0.1) is 0 Å². The molecule has 166 valence electrons. The van der Waals surface area contributed by atoms with Crippen LogP contribution < -0.4 is 9.47 Å². The average Bonchev–Trinajstić information content (AvgIpc) is 2.90. The predicted molar refractivity (Wildman–Crippen MR) is 133 cm³/mol. The minimum absolute atomic E-state index is 0.319. The number of nitriles is 1. The van der Waals surface area contributed by atoms with Gasteiger partial charge >= 0.3 is 5.97 Å². The van der Waals surface area contributed by atoms with Crippen molar-refractivity contribution in [1.82, 2.24) is 0 Å². The first-order valence-electron chi connectivity index (χ1n) is 10.9. The summed E-state index contributed by atoms with van der Waals surface area (Å²) in [5.74, 6) is -0.247. The Bertz CT molecular complexity index is 1280. The highest BCUT2D eigenvalue weighted by Gasteiger charge is 2.25. The fourth-order valence-corrected chi connectivity index (χ4v) is 3.75. The van der Waals surface area contributed by atoms with E-state index in [4.69, 9.17) is 9.47 Å². The third-order valence-corrected chi connectivity index (χ3v) is 5.42. The second-order valence-electron chi connectivity index (χ2n) is 7.62. The molecular formula is C30H23NO3. The van der Waals surface area contributed by atoms with Gasteiger partial charge in [0.1, 0.15) is 5.92 Å². The number of hydrogen-bond acceptors (Lipinski definition) is 4. The summed E-state index contributed by atoms with van der Waals surface area (Å²) in [6.07, 6.45) is 1.78. The Hall–Kier alpha value is -4.62. The maximum absolute atomic E-state index is 13.3. The standard InChI is InChI=1S/C30H23NO3/c1-33-28-20-22(19-26(21-31)23-11-5-2-6-12-23)17-18-27(28)34-30(32)29(24-13-7-3-8-14-24)25-15-9-4-10-16-25/h2-20,29H,1H3/b26-19-. The number of allylic oxidation sites excluding steroid dienone is 1. The van der Waals surface area contributed by atoms with Gasteiger partial charge in [0.15, 0.2) is 11.5 Å². The van der Waals surface area contributed by atoms with Gasteiger partial charge in [0.25, 0.3) is 0 Å². The number of hydrogen-bond donors (Lipinski definition) is 0. The van der Waals surface area contributed by atoms with E-state index >= 15 is 0 Å². The summed E-state index contributed by atoms with van der Waals surface area (Å²) in [6.45, 7) is 0. The third kappa shape index (κ3) is 5.23. The summed E-state index contributed by atoms with van der Waals surface area (Å²) >= 11 is 0. The van der Waals surface area contributed by atoms with E-state index in [0.29, 0.717) is 17.1 Å². The molecule has 0 spiro atoms. The van der Waals surface area contributed by atoms with Crippen molar-refractivity contribution in [2.24, 2.45) is 0 Å². The smallest absolute Gasteiger partial charge is 0.323 e. The molecule has 0 aliphatic rings. The zero-order valence-electron chi connectivity index (χ0n) is 18.7. The van der Waals surface area contributed by atoms with Gasteiger partial charge in [0, 0.05) is 0 Å². The Morgan fingerprint density at radius 3 is 1.88 bits per heavy atom. The van der Waals surface area contributed by atoms with E-state index in [0.717, 1.165) is 22.3 Å². The van der Waals surface area contributed by atoms with Gasteiger partial charge in [0.2, 0.25) is 0 Å². The maximum atomic E-state index is 13.3. The first-order valence-corrected chi connectivity index (χ1v) is 10.9. The van der Waals surface area contributed by atoms with Crippen LogP contribution in [0, 0.1) is 11.3 Å². The van der Waals surface area contributed by atoms with Gasteiger partial charge in [-0.1, -0.05) is 97.1 Å². The number of ether oxygens (including phenoxy) is 2. The molecule has 0 aliphatic heterocycles. The highest BCUT2D eigenvalue weighted by atomic mass is 16.6. The number of nitrogens with zero attached hydrogens (tertiary/aromatic N) is 1. The second-order valence-corrected chi connectivity index (χ2v) is 7.62. The SMILES string of the molecule is COc1cc(/C=C(/C#N)c2ccccc2)ccc1OC(=O)C(c1ccccc1)c1ccccc1. The van der Waals surface area contributed by atoms with Crippen LogP contribution in [0.15, 0.2) is 109 Å². The molecule has 0 aromatic heterocycles. The molecule has 0 atom stereocenters. The lowest BCUT2D eigenvalue weighted by Gasteiger charge is -2.18. The van der Waals surface area contributed by atoms with Gasteiger partial charge in [-0.05, 0) is 40.5 Å².